The van der Waals surface area contributed by atoms with Crippen LogP contribution in [-0.2, 0) is 57.0 Å². The lowest BCUT2D eigenvalue weighted by Crippen LogP contribution is -2.69. The summed E-state index contributed by atoms with van der Waals surface area (Å²) in [6.07, 6.45) is -26.1. The third-order valence-electron chi connectivity index (χ3n) is 27.4. The van der Waals surface area contributed by atoms with Gasteiger partial charge in [-0.3, -0.25) is 14.6 Å². The monoisotopic (exact) mass is 2010 g/mol. The van der Waals surface area contributed by atoms with Crippen molar-refractivity contribution >= 4 is 57.5 Å². The molecule has 0 bridgehead atoms. The van der Waals surface area contributed by atoms with E-state index >= 15 is 0 Å². The number of ether oxygens (including phenoxy) is 10. The largest absolute Gasteiger partial charge is 0.459 e. The molecular weight excluding hydrogens is 1850 g/mol. The second-order valence-corrected chi connectivity index (χ2v) is 40.0. The van der Waals surface area contributed by atoms with Gasteiger partial charge in [-0.25, -0.2) is 4.98 Å². The molecule has 1 amide bonds. The van der Waals surface area contributed by atoms with Crippen molar-refractivity contribution in [2.45, 2.75) is 355 Å². The van der Waals surface area contributed by atoms with Gasteiger partial charge in [-0.2, -0.15) is 0 Å². The molecule has 2 unspecified atom stereocenters. The number of aliphatic hydroxyl groups excluding tert-OH is 13. The lowest BCUT2D eigenvalue weighted by Gasteiger charge is -2.49. The SMILES string of the molecule is CC(C)N=c1cc2n(-c3ccc(Cl)cc3)c3ccccc3nc-2cc1Nc1ccc(Cl)cc1.CCC(CO)NCCNC(CC)CO.CC[C@H]1OC(=O)[C@H](C)[C@@H](O[C@H]2C[C@@](C)(OC)[C@@H](O)[C@H](C)O2)[C@H](C)[C@@H](O[C@@H]2O[C@H](C)C[C@H](N(C)C)[C@H]2O)[C@](C)(O)C[C@@H](C)CN(C)[C@H](C)[C@@H](O)[C@]1(C)O.NCC[C@H](O)C(=O)N[C@@H]1C[C@H](N)[C@@H](O[C@H]2O[C@H](CN)[C@@H](O)[C@H](O)[C@H]2O)[C@H](O)[C@H]1O[C@H]1O[C@H](CO)[C@@H](O)[C@H](N)[C@H]1O. The number of hydrogen-bond acceptors (Lipinski definition) is 38. The number of carbonyl (C=O) groups excluding carboxylic acids is 2. The minimum absolute atomic E-state index is 0.0101. The molecule has 6 fully saturated rings. The van der Waals surface area contributed by atoms with Gasteiger partial charge in [0.2, 0.25) is 5.91 Å². The molecule has 5 saturated heterocycles. The minimum atomic E-state index is -1.80. The summed E-state index contributed by atoms with van der Waals surface area (Å²) in [7, 11) is 7.12. The van der Waals surface area contributed by atoms with Crippen molar-refractivity contribution in [3.8, 4) is 17.1 Å². The van der Waals surface area contributed by atoms with Crippen LogP contribution in [0.4, 0.5) is 11.4 Å². The first-order valence-corrected chi connectivity index (χ1v) is 49.2. The van der Waals surface area contributed by atoms with Gasteiger partial charge in [0.15, 0.2) is 25.2 Å². The van der Waals surface area contributed by atoms with Crippen molar-refractivity contribution in [1.29, 1.82) is 0 Å². The summed E-state index contributed by atoms with van der Waals surface area (Å²) in [5.41, 5.74) is 25.3. The molecule has 790 valence electrons. The van der Waals surface area contributed by atoms with Crippen molar-refractivity contribution in [2.75, 3.05) is 86.1 Å². The van der Waals surface area contributed by atoms with Crippen molar-refractivity contribution in [3.05, 3.63) is 100 Å². The molecule has 2 aliphatic carbocycles. The zero-order valence-corrected chi connectivity index (χ0v) is 84.9. The Morgan fingerprint density at radius 2 is 1.29 bits per heavy atom. The van der Waals surface area contributed by atoms with Crippen LogP contribution in [0.25, 0.3) is 28.1 Å². The van der Waals surface area contributed by atoms with Crippen LogP contribution in [0.3, 0.4) is 0 Å². The summed E-state index contributed by atoms with van der Waals surface area (Å²) >= 11 is 12.2. The van der Waals surface area contributed by atoms with Crippen molar-refractivity contribution in [1.82, 2.24) is 35.3 Å². The van der Waals surface area contributed by atoms with Gasteiger partial charge in [-0.05, 0) is 214 Å². The second kappa shape index (κ2) is 54.1. The summed E-state index contributed by atoms with van der Waals surface area (Å²) in [4.78, 5) is 40.5. The maximum Gasteiger partial charge on any atom is 0.311 e. The Balaban J connectivity index is 0.000000243. The normalized spacial score (nSPS) is 36.5. The number of hydrogen-bond donors (Lipinski definition) is 23. The predicted octanol–water partition coefficient (Wildman–Crippen LogP) is 0.674. The zero-order chi connectivity index (χ0) is 103. The van der Waals surface area contributed by atoms with Gasteiger partial charge < -0.3 is 183 Å². The number of aromatic nitrogens is 2. The van der Waals surface area contributed by atoms with Gasteiger partial charge >= 0.3 is 5.97 Å². The number of rotatable bonds is 30. The molecule has 3 aromatic rings. The van der Waals surface area contributed by atoms with E-state index in [1.807, 2.05) is 132 Å². The number of benzene rings is 4. The molecule has 6 aliphatic heterocycles. The minimum Gasteiger partial charge on any atom is -0.459 e. The van der Waals surface area contributed by atoms with E-state index in [0.717, 1.165) is 70.8 Å². The molecule has 8 aliphatic rings. The highest BCUT2D eigenvalue weighted by Gasteiger charge is 2.56. The first kappa shape index (κ1) is 119. The predicted molar refractivity (Wildman–Crippen MR) is 522 cm³/mol. The van der Waals surface area contributed by atoms with E-state index in [4.69, 9.17) is 114 Å². The van der Waals surface area contributed by atoms with Crippen LogP contribution in [0, 0.1) is 17.8 Å². The van der Waals surface area contributed by atoms with Gasteiger partial charge in [-0.1, -0.05) is 70.0 Å². The number of cyclic esters (lactones) is 1. The van der Waals surface area contributed by atoms with Gasteiger partial charge in [0.05, 0.1) is 107 Å². The molecule has 1 saturated carbocycles. The van der Waals surface area contributed by atoms with E-state index in [1.54, 1.807) is 41.5 Å². The highest BCUT2D eigenvalue weighted by molar-refractivity contribution is 6.31. The van der Waals surface area contributed by atoms with Gasteiger partial charge in [0.1, 0.15) is 97.2 Å². The fourth-order valence-electron chi connectivity index (χ4n) is 18.9. The summed E-state index contributed by atoms with van der Waals surface area (Å²) in [5, 5.41) is 173. The molecule has 6 heterocycles. The van der Waals surface area contributed by atoms with Crippen LogP contribution in [0.1, 0.15) is 148 Å². The van der Waals surface area contributed by atoms with Crippen LogP contribution < -0.4 is 49.6 Å². The maximum absolute atomic E-state index is 14.2. The Kier molecular flexibility index (Phi) is 46.2. The van der Waals surface area contributed by atoms with Crippen molar-refractivity contribution in [3.63, 3.8) is 0 Å². The van der Waals surface area contributed by atoms with Crippen LogP contribution in [0.15, 0.2) is 89.9 Å². The number of halogens is 2. The fourth-order valence-corrected chi connectivity index (χ4v) is 19.2. The Morgan fingerprint density at radius 1 is 0.698 bits per heavy atom. The molecule has 0 aromatic heterocycles. The van der Waals surface area contributed by atoms with Crippen LogP contribution in [-0.4, -0.2) is 395 Å². The van der Waals surface area contributed by atoms with Gasteiger partial charge in [0.25, 0.3) is 0 Å². The molecule has 0 radical (unpaired) electrons. The Morgan fingerprint density at radius 3 is 1.86 bits per heavy atom. The number of nitrogens with two attached hydrogens (primary N) is 4. The average molecular weight is 2010 g/mol. The number of amides is 1. The number of para-hydroxylation sites is 2. The lowest BCUT2D eigenvalue weighted by molar-refractivity contribution is -0.332. The smallest absolute Gasteiger partial charge is 0.311 e. The molecule has 11 rings (SSSR count). The molecule has 139 heavy (non-hydrogen) atoms. The van der Waals surface area contributed by atoms with E-state index in [0.29, 0.717) is 23.0 Å². The number of likely N-dealkylation sites (N-methyl/N-ethyl adjacent to an activating group) is 2. The number of methoxy groups -OCH3 is 1. The number of nitrogens with zero attached hydrogens (tertiary/aromatic N) is 5. The number of anilines is 2. The number of aliphatic hydroxyl groups is 15. The number of fused-ring (bicyclic) bond motifs is 2. The van der Waals surface area contributed by atoms with E-state index in [9.17, 15) is 76.0 Å². The van der Waals surface area contributed by atoms with Crippen LogP contribution >= 0.6 is 23.2 Å². The topological polar surface area (TPSA) is 619 Å². The molecule has 3 aromatic carbocycles. The van der Waals surface area contributed by atoms with Crippen molar-refractivity contribution in [2.24, 2.45) is 45.7 Å². The fraction of sp³-hybridized carbons (Fsp3) is 0.732. The molecule has 27 N–H and O–H groups in total. The second-order valence-electron chi connectivity index (χ2n) is 39.1. The Labute approximate surface area is 825 Å². The maximum atomic E-state index is 14.2. The van der Waals surface area contributed by atoms with E-state index in [2.05, 4.69) is 57.9 Å². The summed E-state index contributed by atoms with van der Waals surface area (Å²) < 4.78 is 62.2. The summed E-state index contributed by atoms with van der Waals surface area (Å²) in [5.74, 6) is -3.43. The zero-order valence-electron chi connectivity index (χ0n) is 83.4. The number of nitrogens with one attached hydrogen (secondary N) is 4. The number of esters is 1. The molecule has 36 atom stereocenters. The standard InChI is InChI=1S/C38H72N2O12.C27H22Cl2N4.C22H43N5O13.C10H24N2O2/c1-15-27-38(10,46)31(42)24(6)40(13)19-20(2)17-36(8,45)33(52-35-29(41)26(39(11)12)16-21(3)48-35)22(4)30(23(5)34(44)50-27)51-28-18-37(9,47-14)32(43)25(7)49-28;1-17(2)30-24-16-27-25(15-23(24)31-20-11-7-18(28)8-12-20)32-22-5-3-4-6-26(22)33(27)21-13-9-19(29)10-14-21;23-2-1-8(29)20(36)27-7-3-6(25)18(39-22-16(34)15(33)13(31)9(4-24)37-22)17(35)19(7)40-21-14(32)11(26)12(30)10(5-28)38-21;1-3-9(7-13)11-5-6-12-10(4-2)8-14/h20-33,35,41-43,45-46H,15-19H2,1-14H3;3-17,31H,1-2H3;6-19,21-22,28-35H,1-5,23-26H2,(H,27,36);9-14H,3-8H2,1-2H3/t20-,21-,22+,23-,24-,25+,26+,27-,28+,29-,30+,31-,32+,33-,35+,36-,37-,38-;;6-,7+,8-,9+,10+,11-,12+,13+,14+,15-,16+,17-,18+,19-,21+,22+;/m1.0./s1. The molecule has 42 heteroatoms. The highest BCUT2D eigenvalue weighted by Crippen LogP contribution is 2.43. The van der Waals surface area contributed by atoms with E-state index in [-0.39, 0.29) is 94.6 Å². The van der Waals surface area contributed by atoms with Crippen LogP contribution in [0.5, 0.6) is 0 Å². The quantitative estimate of drug-likeness (QED) is 0.0171. The average Bonchev–Trinajstić information content (AvgIpc) is 0.807. The first-order valence-electron chi connectivity index (χ1n) is 48.4. The van der Waals surface area contributed by atoms with E-state index in [1.165, 1.54) is 14.0 Å². The molecule has 40 nitrogen and oxygen atoms in total. The third kappa shape index (κ3) is 30.8. The van der Waals surface area contributed by atoms with Crippen LogP contribution in [0.2, 0.25) is 10.0 Å². The van der Waals surface area contributed by atoms with Gasteiger partial charge in [-0.15, -0.1) is 0 Å². The highest BCUT2D eigenvalue weighted by atomic mass is 35.5. The Hall–Kier alpha value is -5.68. The van der Waals surface area contributed by atoms with Crippen molar-refractivity contribution < 1.29 is 134 Å². The van der Waals surface area contributed by atoms with Gasteiger partial charge in [0, 0.05) is 103 Å². The number of carbonyl (C=O) groups is 2. The molecular formula is C97H161Cl2N13O27. The summed E-state index contributed by atoms with van der Waals surface area (Å²) in [6, 6.07) is 24.0. The summed E-state index contributed by atoms with van der Waals surface area (Å²) in [6.45, 7) is 27.4. The van der Waals surface area contributed by atoms with E-state index < -0.39 is 206 Å². The Bertz CT molecular complexity index is 4530. The lowest BCUT2D eigenvalue weighted by atomic mass is 9.77. The first-order chi connectivity index (χ1) is 65.5. The molecule has 0 spiro atoms. The third-order valence-corrected chi connectivity index (χ3v) is 27.9.